The molecule has 0 aromatic heterocycles. The van der Waals surface area contributed by atoms with Gasteiger partial charge in [0.1, 0.15) is 0 Å². The van der Waals surface area contributed by atoms with Gasteiger partial charge in [-0.15, -0.1) is 0 Å². The van der Waals surface area contributed by atoms with Crippen LogP contribution < -0.4 is 0 Å². The topological polar surface area (TPSA) is 103 Å². The van der Waals surface area contributed by atoms with Gasteiger partial charge in [0.25, 0.3) is 11.4 Å². The van der Waals surface area contributed by atoms with Crippen molar-refractivity contribution in [3.05, 3.63) is 79.9 Å². The lowest BCUT2D eigenvalue weighted by Crippen LogP contribution is -2.03. The molecule has 0 aliphatic carbocycles. The van der Waals surface area contributed by atoms with Crippen LogP contribution in [0.15, 0.2) is 48.5 Å². The van der Waals surface area contributed by atoms with Gasteiger partial charge in [0.05, 0.1) is 15.9 Å². The molecule has 0 amide bonds. The Kier molecular flexibility index (Phi) is 4.57. The normalized spacial score (nSPS) is 10.2. The Balaban J connectivity index is 2.21. The number of aryl methyl sites for hydroxylation is 1. The Labute approximate surface area is 125 Å². The Morgan fingerprint density at radius 2 is 1.45 bits per heavy atom. The van der Waals surface area contributed by atoms with Gasteiger partial charge in [0.15, 0.2) is 5.78 Å². The highest BCUT2D eigenvalue weighted by Gasteiger charge is 2.19. The number of nitro groups is 2. The average Bonchev–Trinajstić information content (AvgIpc) is 2.53. The van der Waals surface area contributed by atoms with E-state index in [1.807, 2.05) is 30.3 Å². The fourth-order valence-electron chi connectivity index (χ4n) is 2.01. The molecule has 2 aromatic carbocycles. The average molecular weight is 300 g/mol. The van der Waals surface area contributed by atoms with Crippen LogP contribution in [0.5, 0.6) is 0 Å². The highest BCUT2D eigenvalue weighted by molar-refractivity contribution is 5.97. The predicted octanol–water partition coefficient (Wildman–Crippen LogP) is 3.32. The molecule has 112 valence electrons. The molecule has 2 aromatic rings. The zero-order valence-electron chi connectivity index (χ0n) is 11.5. The molecule has 0 bridgehead atoms. The minimum absolute atomic E-state index is 0.0168. The maximum Gasteiger partial charge on any atom is 0.277 e. The fraction of sp³-hybridized carbons (Fsp3) is 0.133. The summed E-state index contributed by atoms with van der Waals surface area (Å²) in [7, 11) is 0. The van der Waals surface area contributed by atoms with Crippen molar-refractivity contribution in [1.29, 1.82) is 0 Å². The molecule has 0 fully saturated rings. The van der Waals surface area contributed by atoms with Gasteiger partial charge in [-0.2, -0.15) is 0 Å². The lowest BCUT2D eigenvalue weighted by atomic mass is 10.0. The SMILES string of the molecule is O=C(CCc1ccccc1)c1cc([N+](=O)[O-])cc([N+](=O)[O-])c1. The van der Waals surface area contributed by atoms with Crippen LogP contribution in [0.1, 0.15) is 22.3 Å². The summed E-state index contributed by atoms with van der Waals surface area (Å²) in [6, 6.07) is 12.3. The second-order valence-electron chi connectivity index (χ2n) is 4.66. The van der Waals surface area contributed by atoms with Crippen molar-refractivity contribution in [2.75, 3.05) is 0 Å². The van der Waals surface area contributed by atoms with Crippen LogP contribution in [-0.4, -0.2) is 15.6 Å². The predicted molar refractivity (Wildman–Crippen MR) is 78.8 cm³/mol. The van der Waals surface area contributed by atoms with Gasteiger partial charge in [0.2, 0.25) is 0 Å². The number of hydrogen-bond donors (Lipinski definition) is 0. The zero-order valence-corrected chi connectivity index (χ0v) is 11.5. The van der Waals surface area contributed by atoms with E-state index >= 15 is 0 Å². The molecule has 22 heavy (non-hydrogen) atoms. The number of Topliss-reactive ketones (excluding diaryl/α,β-unsaturated/α-hetero) is 1. The zero-order chi connectivity index (χ0) is 16.1. The largest absolute Gasteiger partial charge is 0.294 e. The first-order valence-corrected chi connectivity index (χ1v) is 6.48. The summed E-state index contributed by atoms with van der Waals surface area (Å²) < 4.78 is 0. The van der Waals surface area contributed by atoms with E-state index in [1.54, 1.807) is 0 Å². The van der Waals surface area contributed by atoms with E-state index in [-0.39, 0.29) is 17.8 Å². The van der Waals surface area contributed by atoms with Gasteiger partial charge in [-0.05, 0) is 12.0 Å². The summed E-state index contributed by atoms with van der Waals surface area (Å²) in [4.78, 5) is 32.2. The molecule has 0 N–H and O–H groups in total. The van der Waals surface area contributed by atoms with E-state index < -0.39 is 21.2 Å². The van der Waals surface area contributed by atoms with Crippen LogP contribution in [-0.2, 0) is 6.42 Å². The Bertz CT molecular complexity index is 696. The Morgan fingerprint density at radius 3 is 1.95 bits per heavy atom. The molecule has 7 heteroatoms. The highest BCUT2D eigenvalue weighted by atomic mass is 16.6. The monoisotopic (exact) mass is 300 g/mol. The van der Waals surface area contributed by atoms with E-state index in [0.29, 0.717) is 6.42 Å². The summed E-state index contributed by atoms with van der Waals surface area (Å²) in [5, 5.41) is 21.6. The standard InChI is InChI=1S/C15H12N2O5/c18-15(7-6-11-4-2-1-3-5-11)12-8-13(16(19)20)10-14(9-12)17(21)22/h1-5,8-10H,6-7H2. The van der Waals surface area contributed by atoms with Gasteiger partial charge in [-0.25, -0.2) is 0 Å². The number of hydrogen-bond acceptors (Lipinski definition) is 5. The van der Waals surface area contributed by atoms with Crippen molar-refractivity contribution in [3.63, 3.8) is 0 Å². The molecule has 2 rings (SSSR count). The summed E-state index contributed by atoms with van der Waals surface area (Å²) >= 11 is 0. The number of rotatable bonds is 6. The lowest BCUT2D eigenvalue weighted by molar-refractivity contribution is -0.394. The van der Waals surface area contributed by atoms with E-state index in [1.165, 1.54) is 0 Å². The summed E-state index contributed by atoms with van der Waals surface area (Å²) in [6.45, 7) is 0. The highest BCUT2D eigenvalue weighted by Crippen LogP contribution is 2.23. The molecule has 0 aliphatic heterocycles. The number of ketones is 1. The molecular formula is C15H12N2O5. The second kappa shape index (κ2) is 6.57. The molecule has 0 radical (unpaired) electrons. The van der Waals surface area contributed by atoms with E-state index in [2.05, 4.69) is 0 Å². The van der Waals surface area contributed by atoms with Crippen LogP contribution in [0.25, 0.3) is 0 Å². The van der Waals surface area contributed by atoms with Gasteiger partial charge < -0.3 is 0 Å². The number of non-ortho nitro benzene ring substituents is 2. The van der Waals surface area contributed by atoms with Crippen LogP contribution >= 0.6 is 0 Å². The molecule has 0 atom stereocenters. The molecule has 0 aliphatic rings. The maximum atomic E-state index is 12.1. The third-order valence-electron chi connectivity index (χ3n) is 3.13. The summed E-state index contributed by atoms with van der Waals surface area (Å²) in [5.41, 5.74) is 0.0159. The number of carbonyl (C=O) groups is 1. The number of nitro benzene ring substituents is 2. The molecule has 0 saturated carbocycles. The minimum Gasteiger partial charge on any atom is -0.294 e. The van der Waals surface area contributed by atoms with Crippen molar-refractivity contribution >= 4 is 17.2 Å². The molecule has 0 saturated heterocycles. The smallest absolute Gasteiger partial charge is 0.277 e. The Hall–Kier alpha value is -3.09. The number of carbonyl (C=O) groups excluding carboxylic acids is 1. The molecule has 0 unspecified atom stereocenters. The van der Waals surface area contributed by atoms with Gasteiger partial charge >= 0.3 is 0 Å². The maximum absolute atomic E-state index is 12.1. The van der Waals surface area contributed by atoms with Crippen molar-refractivity contribution in [2.24, 2.45) is 0 Å². The quantitative estimate of drug-likeness (QED) is 0.462. The van der Waals surface area contributed by atoms with E-state index in [9.17, 15) is 25.0 Å². The van der Waals surface area contributed by atoms with Crippen LogP contribution in [0.2, 0.25) is 0 Å². The minimum atomic E-state index is -0.749. The Morgan fingerprint density at radius 1 is 0.909 bits per heavy atom. The van der Waals surface area contributed by atoms with Crippen molar-refractivity contribution in [2.45, 2.75) is 12.8 Å². The second-order valence-corrected chi connectivity index (χ2v) is 4.66. The first-order valence-electron chi connectivity index (χ1n) is 6.48. The fourth-order valence-corrected chi connectivity index (χ4v) is 2.01. The summed E-state index contributed by atoms with van der Waals surface area (Å²) in [6.07, 6.45) is 0.596. The number of benzene rings is 2. The summed E-state index contributed by atoms with van der Waals surface area (Å²) in [5.74, 6) is -0.365. The lowest BCUT2D eigenvalue weighted by Gasteiger charge is -2.02. The molecule has 0 spiro atoms. The van der Waals surface area contributed by atoms with Crippen molar-refractivity contribution < 1.29 is 14.6 Å². The third-order valence-corrected chi connectivity index (χ3v) is 3.13. The molecule has 0 heterocycles. The van der Waals surface area contributed by atoms with Gasteiger partial charge in [-0.1, -0.05) is 30.3 Å². The molecular weight excluding hydrogens is 288 g/mol. The third kappa shape index (κ3) is 3.72. The van der Waals surface area contributed by atoms with Crippen LogP contribution in [0.4, 0.5) is 11.4 Å². The first kappa shape index (κ1) is 15.3. The van der Waals surface area contributed by atoms with Crippen molar-refractivity contribution in [3.8, 4) is 0 Å². The van der Waals surface area contributed by atoms with Crippen LogP contribution in [0, 0.1) is 20.2 Å². The number of nitrogens with zero attached hydrogens (tertiary/aromatic N) is 2. The van der Waals surface area contributed by atoms with Gasteiger partial charge in [-0.3, -0.25) is 25.0 Å². The van der Waals surface area contributed by atoms with E-state index in [4.69, 9.17) is 0 Å². The van der Waals surface area contributed by atoms with Crippen molar-refractivity contribution in [1.82, 2.24) is 0 Å². The first-order chi connectivity index (χ1) is 10.5. The molecule has 7 nitrogen and oxygen atoms in total. The van der Waals surface area contributed by atoms with E-state index in [0.717, 1.165) is 23.8 Å². The van der Waals surface area contributed by atoms with Crippen LogP contribution in [0.3, 0.4) is 0 Å². The van der Waals surface area contributed by atoms with Gasteiger partial charge in [0, 0.05) is 24.1 Å².